The molecule has 4 heteroatoms. The molecule has 0 aromatic carbocycles. The molecule has 0 saturated carbocycles. The summed E-state index contributed by atoms with van der Waals surface area (Å²) in [5, 5.41) is 9.84. The molecule has 0 unspecified atom stereocenters. The van der Waals surface area contributed by atoms with E-state index in [1.807, 2.05) is 0 Å². The van der Waals surface area contributed by atoms with Crippen molar-refractivity contribution in [3.05, 3.63) is 0 Å². The smallest absolute Gasteiger partial charge is 0.222 e. The van der Waals surface area contributed by atoms with Gasteiger partial charge in [-0.15, -0.1) is 0 Å². The lowest BCUT2D eigenvalue weighted by Gasteiger charge is -2.09. The Balaban J connectivity index is 3.50. The summed E-state index contributed by atoms with van der Waals surface area (Å²) >= 11 is 0. The third kappa shape index (κ3) is 3.88. The highest BCUT2D eigenvalue weighted by atomic mass is 16.4. The van der Waals surface area contributed by atoms with Crippen molar-refractivity contribution in [1.29, 1.82) is 0 Å². The van der Waals surface area contributed by atoms with E-state index in [2.05, 4.69) is 0 Å². The van der Waals surface area contributed by atoms with Gasteiger partial charge in [0.05, 0.1) is 0 Å². The van der Waals surface area contributed by atoms with Crippen molar-refractivity contribution in [2.45, 2.75) is 12.8 Å². The van der Waals surface area contributed by atoms with Crippen LogP contribution in [0.5, 0.6) is 0 Å². The Labute approximate surface area is 59.4 Å². The van der Waals surface area contributed by atoms with Crippen LogP contribution in [0.2, 0.25) is 0 Å². The van der Waals surface area contributed by atoms with Crippen LogP contribution in [0.4, 0.5) is 0 Å². The van der Waals surface area contributed by atoms with E-state index in [1.54, 1.807) is 14.1 Å². The van der Waals surface area contributed by atoms with E-state index >= 15 is 0 Å². The number of rotatable bonds is 3. The summed E-state index contributed by atoms with van der Waals surface area (Å²) in [6, 6.07) is 0. The van der Waals surface area contributed by atoms with E-state index in [9.17, 15) is 14.7 Å². The van der Waals surface area contributed by atoms with Crippen LogP contribution in [0.15, 0.2) is 0 Å². The standard InChI is InChI=1S/C6H11NO3/c1-7(2)5(8)3-4-6(9)10/h3-4H2,1-2H3,(H,9,10)/p-1. The Kier molecular flexibility index (Phi) is 3.46. The first-order valence-corrected chi connectivity index (χ1v) is 2.94. The van der Waals surface area contributed by atoms with Gasteiger partial charge >= 0.3 is 0 Å². The van der Waals surface area contributed by atoms with Gasteiger partial charge in [0.2, 0.25) is 5.91 Å². The predicted octanol–water partition coefficient (Wildman–Crippen LogP) is -1.40. The van der Waals surface area contributed by atoms with Crippen molar-refractivity contribution in [1.82, 2.24) is 4.90 Å². The van der Waals surface area contributed by atoms with Gasteiger partial charge in [-0.2, -0.15) is 0 Å². The minimum absolute atomic E-state index is 0.0231. The monoisotopic (exact) mass is 144 g/mol. The SMILES string of the molecule is CN(C)C(=O)CCC(=O)[O-]. The number of carboxylic acid groups (broad SMARTS) is 1. The van der Waals surface area contributed by atoms with Crippen molar-refractivity contribution in [3.63, 3.8) is 0 Å². The van der Waals surface area contributed by atoms with E-state index in [-0.39, 0.29) is 18.7 Å². The number of nitrogens with zero attached hydrogens (tertiary/aromatic N) is 1. The maximum Gasteiger partial charge on any atom is 0.222 e. The van der Waals surface area contributed by atoms with Gasteiger partial charge < -0.3 is 14.8 Å². The molecule has 0 spiro atoms. The first-order chi connectivity index (χ1) is 4.54. The third-order valence-corrected chi connectivity index (χ3v) is 1.04. The number of carbonyl (C=O) groups excluding carboxylic acids is 2. The first-order valence-electron chi connectivity index (χ1n) is 2.94. The van der Waals surface area contributed by atoms with Crippen molar-refractivity contribution < 1.29 is 14.7 Å². The summed E-state index contributed by atoms with van der Waals surface area (Å²) in [6.45, 7) is 0. The molecule has 0 aliphatic heterocycles. The van der Waals surface area contributed by atoms with Crippen LogP contribution in [0.3, 0.4) is 0 Å². The molecule has 0 N–H and O–H groups in total. The fourth-order valence-electron chi connectivity index (χ4n) is 0.433. The molecule has 0 heterocycles. The Hall–Kier alpha value is -1.06. The lowest BCUT2D eigenvalue weighted by molar-refractivity contribution is -0.305. The van der Waals surface area contributed by atoms with E-state index in [4.69, 9.17) is 0 Å². The highest BCUT2D eigenvalue weighted by Gasteiger charge is 2.01. The summed E-state index contributed by atoms with van der Waals surface area (Å²) in [7, 11) is 3.16. The summed E-state index contributed by atoms with van der Waals surface area (Å²) in [6.07, 6.45) is -0.174. The zero-order chi connectivity index (χ0) is 8.15. The molecule has 0 bridgehead atoms. The number of hydrogen-bond donors (Lipinski definition) is 0. The maximum atomic E-state index is 10.7. The van der Waals surface area contributed by atoms with Gasteiger partial charge in [-0.05, 0) is 6.42 Å². The van der Waals surface area contributed by atoms with Gasteiger partial charge in [-0.25, -0.2) is 0 Å². The maximum absolute atomic E-state index is 10.7. The Morgan fingerprint density at radius 1 is 1.30 bits per heavy atom. The van der Waals surface area contributed by atoms with E-state index in [0.717, 1.165) is 0 Å². The molecular weight excluding hydrogens is 134 g/mol. The predicted molar refractivity (Wildman–Crippen MR) is 32.9 cm³/mol. The molecule has 0 aromatic heterocycles. The Morgan fingerprint density at radius 2 is 1.80 bits per heavy atom. The molecule has 0 rings (SSSR count). The zero-order valence-electron chi connectivity index (χ0n) is 6.09. The van der Waals surface area contributed by atoms with Crippen LogP contribution < -0.4 is 5.11 Å². The van der Waals surface area contributed by atoms with E-state index in [0.29, 0.717) is 0 Å². The molecule has 0 fully saturated rings. The second-order valence-electron chi connectivity index (χ2n) is 2.16. The van der Waals surface area contributed by atoms with Gasteiger partial charge in [0.1, 0.15) is 0 Å². The van der Waals surface area contributed by atoms with E-state index < -0.39 is 5.97 Å². The molecule has 10 heavy (non-hydrogen) atoms. The van der Waals surface area contributed by atoms with Crippen molar-refractivity contribution >= 4 is 11.9 Å². The average Bonchev–Trinajstić information content (AvgIpc) is 1.82. The summed E-state index contributed by atoms with van der Waals surface area (Å²) in [5.74, 6) is -1.38. The Morgan fingerprint density at radius 3 is 2.10 bits per heavy atom. The molecule has 4 nitrogen and oxygen atoms in total. The summed E-state index contributed by atoms with van der Waals surface area (Å²) < 4.78 is 0. The topological polar surface area (TPSA) is 60.4 Å². The number of carboxylic acids is 1. The second-order valence-corrected chi connectivity index (χ2v) is 2.16. The van der Waals surface area contributed by atoms with Crippen LogP contribution >= 0.6 is 0 Å². The molecule has 0 aliphatic carbocycles. The average molecular weight is 144 g/mol. The van der Waals surface area contributed by atoms with Crippen LogP contribution in [0.25, 0.3) is 0 Å². The number of amides is 1. The molecule has 0 atom stereocenters. The fourth-order valence-corrected chi connectivity index (χ4v) is 0.433. The second kappa shape index (κ2) is 3.87. The van der Waals surface area contributed by atoms with Crippen LogP contribution in [0, 0.1) is 0 Å². The van der Waals surface area contributed by atoms with Gasteiger partial charge in [0.15, 0.2) is 0 Å². The largest absolute Gasteiger partial charge is 0.550 e. The summed E-state index contributed by atoms with van der Waals surface area (Å²) in [4.78, 5) is 21.9. The lowest BCUT2D eigenvalue weighted by Crippen LogP contribution is -2.27. The van der Waals surface area contributed by atoms with Crippen LogP contribution in [0.1, 0.15) is 12.8 Å². The third-order valence-electron chi connectivity index (χ3n) is 1.04. The normalized spacial score (nSPS) is 9.00. The van der Waals surface area contributed by atoms with Crippen LogP contribution in [-0.2, 0) is 9.59 Å². The molecule has 0 saturated heterocycles. The first kappa shape index (κ1) is 8.94. The molecule has 1 amide bonds. The Bertz CT molecular complexity index is 142. The molecule has 0 aromatic rings. The summed E-state index contributed by atoms with van der Waals surface area (Å²) in [5.41, 5.74) is 0. The highest BCUT2D eigenvalue weighted by molar-refractivity contribution is 5.79. The highest BCUT2D eigenvalue weighted by Crippen LogP contribution is 1.90. The molecular formula is C6H10NO3-. The fraction of sp³-hybridized carbons (Fsp3) is 0.667. The van der Waals surface area contributed by atoms with E-state index in [1.165, 1.54) is 4.90 Å². The van der Waals surface area contributed by atoms with Gasteiger partial charge in [-0.3, -0.25) is 4.79 Å². The lowest BCUT2D eigenvalue weighted by atomic mass is 10.3. The van der Waals surface area contributed by atoms with Crippen molar-refractivity contribution in [2.75, 3.05) is 14.1 Å². The molecule has 58 valence electrons. The number of aliphatic carboxylic acids is 1. The number of carbonyl (C=O) groups is 2. The van der Waals surface area contributed by atoms with Crippen molar-refractivity contribution in [2.24, 2.45) is 0 Å². The number of hydrogen-bond acceptors (Lipinski definition) is 3. The molecule has 0 aliphatic rings. The molecule has 0 radical (unpaired) electrons. The quantitative estimate of drug-likeness (QED) is 0.489. The van der Waals surface area contributed by atoms with Crippen molar-refractivity contribution in [3.8, 4) is 0 Å². The van der Waals surface area contributed by atoms with Gasteiger partial charge in [0.25, 0.3) is 0 Å². The minimum atomic E-state index is -1.18. The van der Waals surface area contributed by atoms with Gasteiger partial charge in [-0.1, -0.05) is 0 Å². The van der Waals surface area contributed by atoms with Crippen LogP contribution in [-0.4, -0.2) is 30.9 Å². The minimum Gasteiger partial charge on any atom is -0.550 e. The zero-order valence-corrected chi connectivity index (χ0v) is 6.09. The van der Waals surface area contributed by atoms with Gasteiger partial charge in [0, 0.05) is 26.5 Å².